The van der Waals surface area contributed by atoms with Crippen molar-refractivity contribution in [1.29, 1.82) is 0 Å². The van der Waals surface area contributed by atoms with Crippen molar-refractivity contribution in [1.82, 2.24) is 0 Å². The Morgan fingerprint density at radius 2 is 2.05 bits per heavy atom. The summed E-state index contributed by atoms with van der Waals surface area (Å²) in [7, 11) is 0. The van der Waals surface area contributed by atoms with E-state index in [0.29, 0.717) is 16.4 Å². The highest BCUT2D eigenvalue weighted by atomic mass is 35.5. The highest BCUT2D eigenvalue weighted by molar-refractivity contribution is 7.80. The second-order valence-corrected chi connectivity index (χ2v) is 8.24. The molecule has 3 aliphatic carbocycles. The van der Waals surface area contributed by atoms with Crippen LogP contribution in [0.2, 0.25) is 5.02 Å². The van der Waals surface area contributed by atoms with Gasteiger partial charge in [0.05, 0.1) is 5.02 Å². The molecule has 0 spiro atoms. The number of benzene rings is 1. The van der Waals surface area contributed by atoms with Crippen LogP contribution in [0.25, 0.3) is 0 Å². The summed E-state index contributed by atoms with van der Waals surface area (Å²) in [6.45, 7) is 2.41. The molecule has 0 heterocycles. The third-order valence-electron chi connectivity index (χ3n) is 6.50. The van der Waals surface area contributed by atoms with Crippen molar-refractivity contribution in [2.75, 3.05) is 0 Å². The normalized spacial score (nSPS) is 37.8. The standard InChI is InChI=1S/C18H21ClOS/c1-18-7-6-11-12(14(18)4-5-17(18)21)3-2-10-8-16(20)15(19)9-13(10)11/h8-9,11-12,14,20H,2-7H2,1H3/t11?,12?,14?,18-/m0/s1. The van der Waals surface area contributed by atoms with Gasteiger partial charge in [-0.15, -0.1) is 0 Å². The molecule has 0 saturated heterocycles. The van der Waals surface area contributed by atoms with Crippen LogP contribution in [-0.4, -0.2) is 9.97 Å². The first-order chi connectivity index (χ1) is 10.0. The van der Waals surface area contributed by atoms with Gasteiger partial charge in [-0.3, -0.25) is 0 Å². The maximum Gasteiger partial charge on any atom is 0.134 e. The molecule has 1 aromatic carbocycles. The average molecular weight is 321 g/mol. The van der Waals surface area contributed by atoms with Crippen LogP contribution in [-0.2, 0) is 6.42 Å². The first kappa shape index (κ1) is 14.0. The third kappa shape index (κ3) is 1.91. The zero-order valence-corrected chi connectivity index (χ0v) is 13.9. The van der Waals surface area contributed by atoms with Gasteiger partial charge in [0.15, 0.2) is 0 Å². The minimum atomic E-state index is 0.233. The van der Waals surface area contributed by atoms with E-state index < -0.39 is 0 Å². The monoisotopic (exact) mass is 320 g/mol. The van der Waals surface area contributed by atoms with E-state index in [4.69, 9.17) is 23.8 Å². The van der Waals surface area contributed by atoms with E-state index in [0.717, 1.165) is 24.7 Å². The second-order valence-electron chi connectivity index (χ2n) is 7.34. The summed E-state index contributed by atoms with van der Waals surface area (Å²) in [4.78, 5) is 1.32. The fourth-order valence-electron chi connectivity index (χ4n) is 5.35. The van der Waals surface area contributed by atoms with Gasteiger partial charge in [-0.2, -0.15) is 0 Å². The number of hydrogen-bond donors (Lipinski definition) is 1. The van der Waals surface area contributed by atoms with Gasteiger partial charge in [0.1, 0.15) is 5.75 Å². The Bertz CT molecular complexity index is 626. The van der Waals surface area contributed by atoms with Crippen LogP contribution in [0, 0.1) is 17.3 Å². The fourth-order valence-corrected chi connectivity index (χ4v) is 5.89. The van der Waals surface area contributed by atoms with Gasteiger partial charge in [-0.05, 0) is 84.4 Å². The summed E-state index contributed by atoms with van der Waals surface area (Å²) in [6, 6.07) is 3.92. The average Bonchev–Trinajstić information content (AvgIpc) is 2.76. The molecule has 4 rings (SSSR count). The quantitative estimate of drug-likeness (QED) is 0.657. The summed E-state index contributed by atoms with van der Waals surface area (Å²) >= 11 is 11.9. The van der Waals surface area contributed by atoms with E-state index in [-0.39, 0.29) is 5.75 Å². The van der Waals surface area contributed by atoms with Crippen molar-refractivity contribution in [3.8, 4) is 5.75 Å². The van der Waals surface area contributed by atoms with Crippen molar-refractivity contribution in [3.05, 3.63) is 28.3 Å². The zero-order chi connectivity index (χ0) is 14.8. The minimum absolute atomic E-state index is 0.233. The first-order valence-corrected chi connectivity index (χ1v) is 8.84. The molecular weight excluding hydrogens is 300 g/mol. The van der Waals surface area contributed by atoms with Crippen molar-refractivity contribution >= 4 is 28.7 Å². The molecule has 2 fully saturated rings. The van der Waals surface area contributed by atoms with E-state index in [9.17, 15) is 5.11 Å². The van der Waals surface area contributed by atoms with Gasteiger partial charge in [-0.1, -0.05) is 30.7 Å². The van der Waals surface area contributed by atoms with Gasteiger partial charge >= 0.3 is 0 Å². The molecule has 4 atom stereocenters. The van der Waals surface area contributed by atoms with Crippen LogP contribution in [0.1, 0.15) is 56.1 Å². The Kier molecular flexibility index (Phi) is 3.14. The van der Waals surface area contributed by atoms with E-state index in [1.54, 1.807) is 0 Å². The number of thiocarbonyl (C=S) groups is 1. The predicted molar refractivity (Wildman–Crippen MR) is 90.3 cm³/mol. The Labute approximate surface area is 136 Å². The van der Waals surface area contributed by atoms with Gasteiger partial charge in [0.2, 0.25) is 0 Å². The molecule has 3 unspecified atom stereocenters. The molecule has 0 bridgehead atoms. The lowest BCUT2D eigenvalue weighted by Crippen LogP contribution is -2.42. The SMILES string of the molecule is C[C@]12CCC3c4cc(Cl)c(O)cc4CCC3C1CCC2=S. The number of phenolic OH excluding ortho intramolecular Hbond substituents is 1. The molecule has 0 aromatic heterocycles. The molecular formula is C18H21ClOS. The summed E-state index contributed by atoms with van der Waals surface area (Å²) in [5.74, 6) is 2.35. The van der Waals surface area contributed by atoms with Gasteiger partial charge < -0.3 is 5.11 Å². The lowest BCUT2D eigenvalue weighted by molar-refractivity contribution is 0.0967. The summed E-state index contributed by atoms with van der Waals surface area (Å²) < 4.78 is 0. The fraction of sp³-hybridized carbons (Fsp3) is 0.611. The zero-order valence-electron chi connectivity index (χ0n) is 12.4. The van der Waals surface area contributed by atoms with Crippen molar-refractivity contribution in [3.63, 3.8) is 0 Å². The summed E-state index contributed by atoms with van der Waals surface area (Å²) in [6.07, 6.45) is 7.16. The van der Waals surface area contributed by atoms with Gasteiger partial charge in [0.25, 0.3) is 0 Å². The van der Waals surface area contributed by atoms with Crippen LogP contribution in [0.3, 0.4) is 0 Å². The Morgan fingerprint density at radius 3 is 2.86 bits per heavy atom. The van der Waals surface area contributed by atoms with E-state index in [2.05, 4.69) is 6.92 Å². The molecule has 0 amide bonds. The third-order valence-corrected chi connectivity index (χ3v) is 7.47. The molecule has 1 N–H and O–H groups in total. The van der Waals surface area contributed by atoms with Gasteiger partial charge in [0, 0.05) is 5.41 Å². The lowest BCUT2D eigenvalue weighted by Gasteiger charge is -2.49. The Hall–Kier alpha value is -0.600. The number of aryl methyl sites for hydroxylation is 1. The van der Waals surface area contributed by atoms with Crippen molar-refractivity contribution in [2.45, 2.75) is 51.4 Å². The molecule has 3 aliphatic rings. The van der Waals surface area contributed by atoms with Gasteiger partial charge in [-0.25, -0.2) is 0 Å². The molecule has 0 radical (unpaired) electrons. The molecule has 0 aliphatic heterocycles. The topological polar surface area (TPSA) is 20.2 Å². The van der Waals surface area contributed by atoms with Crippen LogP contribution in [0.5, 0.6) is 5.75 Å². The molecule has 3 heteroatoms. The summed E-state index contributed by atoms with van der Waals surface area (Å²) in [5.41, 5.74) is 3.01. The first-order valence-electron chi connectivity index (χ1n) is 8.05. The van der Waals surface area contributed by atoms with Crippen molar-refractivity contribution in [2.24, 2.45) is 17.3 Å². The highest BCUT2D eigenvalue weighted by Gasteiger charge is 2.52. The maximum absolute atomic E-state index is 9.85. The Morgan fingerprint density at radius 1 is 1.24 bits per heavy atom. The molecule has 1 aromatic rings. The number of phenols is 1. The highest BCUT2D eigenvalue weighted by Crippen LogP contribution is 2.60. The maximum atomic E-state index is 9.85. The number of halogens is 1. The van der Waals surface area contributed by atoms with Crippen LogP contribution in [0.4, 0.5) is 0 Å². The second kappa shape index (κ2) is 4.70. The lowest BCUT2D eigenvalue weighted by atomic mass is 9.56. The molecule has 21 heavy (non-hydrogen) atoms. The molecule has 1 nitrogen and oxygen atoms in total. The number of aromatic hydroxyl groups is 1. The summed E-state index contributed by atoms with van der Waals surface area (Å²) in [5, 5.41) is 10.4. The molecule has 112 valence electrons. The van der Waals surface area contributed by atoms with E-state index in [1.807, 2.05) is 12.1 Å². The van der Waals surface area contributed by atoms with Crippen molar-refractivity contribution < 1.29 is 5.11 Å². The van der Waals surface area contributed by atoms with E-state index >= 15 is 0 Å². The number of fused-ring (bicyclic) bond motifs is 5. The Balaban J connectivity index is 1.75. The predicted octanol–water partition coefficient (Wildman–Crippen LogP) is 5.27. The van der Waals surface area contributed by atoms with Crippen LogP contribution in [0.15, 0.2) is 12.1 Å². The van der Waals surface area contributed by atoms with Crippen LogP contribution >= 0.6 is 23.8 Å². The van der Waals surface area contributed by atoms with E-state index in [1.165, 1.54) is 41.7 Å². The number of hydrogen-bond acceptors (Lipinski definition) is 2. The molecule has 2 saturated carbocycles. The minimum Gasteiger partial charge on any atom is -0.506 e. The van der Waals surface area contributed by atoms with Crippen LogP contribution < -0.4 is 0 Å². The number of rotatable bonds is 0. The smallest absolute Gasteiger partial charge is 0.134 e. The largest absolute Gasteiger partial charge is 0.506 e.